The lowest BCUT2D eigenvalue weighted by Gasteiger charge is -2.13. The molecular formula is C29H19BrN4O4S. The molecule has 2 heterocycles. The Morgan fingerprint density at radius 2 is 1.77 bits per heavy atom. The van der Waals surface area contributed by atoms with Gasteiger partial charge in [-0.1, -0.05) is 57.6 Å². The Kier molecular flexibility index (Phi) is 6.34. The maximum absolute atomic E-state index is 14.1. The van der Waals surface area contributed by atoms with Gasteiger partial charge < -0.3 is 15.2 Å². The molecule has 0 saturated carbocycles. The molecule has 0 unspecified atom stereocenters. The van der Waals surface area contributed by atoms with Crippen molar-refractivity contribution in [2.75, 3.05) is 12.4 Å². The molecule has 0 aliphatic carbocycles. The molecule has 192 valence electrons. The van der Waals surface area contributed by atoms with Gasteiger partial charge in [0, 0.05) is 15.7 Å². The van der Waals surface area contributed by atoms with Crippen LogP contribution in [0.2, 0.25) is 0 Å². The molecular weight excluding hydrogens is 580 g/mol. The van der Waals surface area contributed by atoms with Gasteiger partial charge in [0.05, 0.1) is 39.5 Å². The predicted octanol–water partition coefficient (Wildman–Crippen LogP) is 6.88. The predicted molar refractivity (Wildman–Crippen MR) is 157 cm³/mol. The van der Waals surface area contributed by atoms with Crippen LogP contribution in [0.1, 0.15) is 10.4 Å². The van der Waals surface area contributed by atoms with E-state index in [4.69, 9.17) is 14.7 Å². The lowest BCUT2D eigenvalue weighted by atomic mass is 10.1. The second kappa shape index (κ2) is 9.97. The first-order chi connectivity index (χ1) is 18.9. The highest BCUT2D eigenvalue weighted by atomic mass is 79.9. The number of carbonyl (C=O) groups is 1. The Morgan fingerprint density at radius 1 is 0.974 bits per heavy atom. The van der Waals surface area contributed by atoms with Crippen LogP contribution in [0.15, 0.2) is 94.2 Å². The molecule has 0 aliphatic heterocycles. The minimum atomic E-state index is -1.07. The molecule has 2 aromatic heterocycles. The third kappa shape index (κ3) is 4.64. The first-order valence-electron chi connectivity index (χ1n) is 11.8. The molecule has 0 atom stereocenters. The van der Waals surface area contributed by atoms with Crippen LogP contribution in [0.4, 0.5) is 11.4 Å². The van der Waals surface area contributed by atoms with Crippen LogP contribution in [-0.2, 0) is 0 Å². The average Bonchev–Trinajstić information content (AvgIpc) is 3.37. The second-order valence-corrected chi connectivity index (χ2v) is 10.5. The number of aromatic nitrogens is 3. The van der Waals surface area contributed by atoms with Crippen molar-refractivity contribution in [1.29, 1.82) is 0 Å². The van der Waals surface area contributed by atoms with E-state index in [1.807, 2.05) is 48.5 Å². The summed E-state index contributed by atoms with van der Waals surface area (Å²) in [5.74, 6) is 0.110. The zero-order valence-electron chi connectivity index (χ0n) is 20.4. The molecule has 6 aromatic rings. The van der Waals surface area contributed by atoms with Crippen molar-refractivity contribution in [3.63, 3.8) is 0 Å². The van der Waals surface area contributed by atoms with Crippen LogP contribution < -0.4 is 15.6 Å². The van der Waals surface area contributed by atoms with Crippen molar-refractivity contribution in [2.24, 2.45) is 0 Å². The average molecular weight is 599 g/mol. The van der Waals surface area contributed by atoms with Gasteiger partial charge in [-0.15, -0.1) is 0 Å². The number of aromatic carboxylic acids is 1. The highest BCUT2D eigenvalue weighted by Gasteiger charge is 2.19. The molecule has 0 saturated heterocycles. The Balaban J connectivity index is 1.55. The molecule has 8 nitrogen and oxygen atoms in total. The molecule has 0 bridgehead atoms. The standard InChI is InChI=1S/C29H19BrN4O4S/c1-38-19-9-12-24-25(15-19)39-29(33-24)34-26(16-5-3-2-4-6-16)32-22-11-8-18(14-20(22)27(34)35)31-23-10-7-17(30)13-21(23)28(36)37/h2-15,31H,1H3,(H,36,37). The third-order valence-electron chi connectivity index (χ3n) is 6.17. The fraction of sp³-hybridized carbons (Fsp3) is 0.0345. The van der Waals surface area contributed by atoms with Crippen molar-refractivity contribution in [1.82, 2.24) is 14.5 Å². The molecule has 10 heteroatoms. The van der Waals surface area contributed by atoms with Crippen molar-refractivity contribution >= 4 is 65.7 Å². The summed E-state index contributed by atoms with van der Waals surface area (Å²) in [5, 5.41) is 13.6. The Hall–Kier alpha value is -4.54. The molecule has 4 aromatic carbocycles. The summed E-state index contributed by atoms with van der Waals surface area (Å²) in [7, 11) is 1.60. The number of rotatable bonds is 6. The van der Waals surface area contributed by atoms with Crippen LogP contribution in [0.5, 0.6) is 5.75 Å². The summed E-state index contributed by atoms with van der Waals surface area (Å²) in [5.41, 5.74) is 2.80. The van der Waals surface area contributed by atoms with E-state index in [9.17, 15) is 14.7 Å². The number of nitrogens with zero attached hydrogens (tertiary/aromatic N) is 3. The van der Waals surface area contributed by atoms with Gasteiger partial charge in [-0.3, -0.25) is 4.79 Å². The number of anilines is 2. The van der Waals surface area contributed by atoms with Gasteiger partial charge in [0.25, 0.3) is 5.56 Å². The van der Waals surface area contributed by atoms with E-state index in [1.165, 1.54) is 22.0 Å². The minimum absolute atomic E-state index is 0.101. The van der Waals surface area contributed by atoms with Gasteiger partial charge in [-0.05, 0) is 54.6 Å². The quantitative estimate of drug-likeness (QED) is 0.215. The fourth-order valence-electron chi connectivity index (χ4n) is 4.29. The molecule has 0 aliphatic rings. The molecule has 0 fully saturated rings. The van der Waals surface area contributed by atoms with E-state index in [1.54, 1.807) is 37.4 Å². The van der Waals surface area contributed by atoms with Crippen LogP contribution >= 0.6 is 27.3 Å². The molecule has 0 spiro atoms. The highest BCUT2D eigenvalue weighted by Crippen LogP contribution is 2.31. The number of benzene rings is 4. The van der Waals surface area contributed by atoms with Crippen LogP contribution in [0.3, 0.4) is 0 Å². The van der Waals surface area contributed by atoms with Gasteiger partial charge in [-0.25, -0.2) is 19.3 Å². The van der Waals surface area contributed by atoms with Crippen LogP contribution in [0.25, 0.3) is 37.6 Å². The number of hydrogen-bond donors (Lipinski definition) is 2. The Morgan fingerprint density at radius 3 is 2.54 bits per heavy atom. The number of nitrogens with one attached hydrogen (secondary N) is 1. The van der Waals surface area contributed by atoms with E-state index in [-0.39, 0.29) is 11.1 Å². The minimum Gasteiger partial charge on any atom is -0.497 e. The van der Waals surface area contributed by atoms with Gasteiger partial charge in [-0.2, -0.15) is 0 Å². The molecule has 2 N–H and O–H groups in total. The van der Waals surface area contributed by atoms with Gasteiger partial charge in [0.15, 0.2) is 5.13 Å². The number of carboxylic acid groups (broad SMARTS) is 1. The number of fused-ring (bicyclic) bond motifs is 2. The topological polar surface area (TPSA) is 106 Å². The summed E-state index contributed by atoms with van der Waals surface area (Å²) >= 11 is 4.68. The molecule has 6 rings (SSSR count). The summed E-state index contributed by atoms with van der Waals surface area (Å²) in [6.07, 6.45) is 0. The summed E-state index contributed by atoms with van der Waals surface area (Å²) in [6, 6.07) is 25.2. The zero-order chi connectivity index (χ0) is 27.1. The highest BCUT2D eigenvalue weighted by molar-refractivity contribution is 9.10. The van der Waals surface area contributed by atoms with E-state index >= 15 is 0 Å². The number of thiazole rings is 1. The van der Waals surface area contributed by atoms with Crippen molar-refractivity contribution in [3.05, 3.63) is 105 Å². The summed E-state index contributed by atoms with van der Waals surface area (Å²) in [4.78, 5) is 35.5. The van der Waals surface area contributed by atoms with E-state index in [0.29, 0.717) is 43.5 Å². The number of carboxylic acids is 1. The smallest absolute Gasteiger partial charge is 0.337 e. The maximum atomic E-state index is 14.1. The monoisotopic (exact) mass is 598 g/mol. The molecule has 0 radical (unpaired) electrons. The SMILES string of the molecule is COc1ccc2nc(-n3c(-c4ccccc4)nc4ccc(Nc5ccc(Br)cc5C(=O)O)cc4c3=O)sc2c1. The number of halogens is 1. The number of hydrogen-bond acceptors (Lipinski definition) is 7. The second-order valence-electron chi connectivity index (χ2n) is 8.62. The number of ether oxygens (including phenoxy) is 1. The largest absolute Gasteiger partial charge is 0.497 e. The molecule has 39 heavy (non-hydrogen) atoms. The molecule has 0 amide bonds. The van der Waals surface area contributed by atoms with Gasteiger partial charge in [0.2, 0.25) is 0 Å². The maximum Gasteiger partial charge on any atom is 0.337 e. The van der Waals surface area contributed by atoms with Crippen LogP contribution in [0, 0.1) is 0 Å². The number of methoxy groups -OCH3 is 1. The van der Waals surface area contributed by atoms with Crippen molar-refractivity contribution < 1.29 is 14.6 Å². The summed E-state index contributed by atoms with van der Waals surface area (Å²) < 4.78 is 8.41. The first-order valence-corrected chi connectivity index (χ1v) is 13.4. The van der Waals surface area contributed by atoms with Crippen LogP contribution in [-0.4, -0.2) is 32.7 Å². The first kappa shape index (κ1) is 24.8. The van der Waals surface area contributed by atoms with Gasteiger partial charge in [0.1, 0.15) is 11.6 Å². The normalized spacial score (nSPS) is 11.1. The lowest BCUT2D eigenvalue weighted by molar-refractivity contribution is 0.0698. The van der Waals surface area contributed by atoms with E-state index in [0.717, 1.165) is 15.8 Å². The van der Waals surface area contributed by atoms with Crippen molar-refractivity contribution in [3.8, 4) is 22.3 Å². The fourth-order valence-corrected chi connectivity index (χ4v) is 5.65. The Bertz CT molecular complexity index is 1950. The van der Waals surface area contributed by atoms with Gasteiger partial charge >= 0.3 is 5.97 Å². The zero-order valence-corrected chi connectivity index (χ0v) is 22.8. The lowest BCUT2D eigenvalue weighted by Crippen LogP contribution is -2.22. The van der Waals surface area contributed by atoms with Crippen molar-refractivity contribution in [2.45, 2.75) is 0 Å². The van der Waals surface area contributed by atoms with E-state index in [2.05, 4.69) is 21.2 Å². The summed E-state index contributed by atoms with van der Waals surface area (Å²) in [6.45, 7) is 0. The third-order valence-corrected chi connectivity index (χ3v) is 7.66. The Labute approximate surface area is 234 Å². The van der Waals surface area contributed by atoms with E-state index < -0.39 is 5.97 Å².